The Morgan fingerprint density at radius 3 is 2.57 bits per heavy atom. The summed E-state index contributed by atoms with van der Waals surface area (Å²) < 4.78 is 50.1. The lowest BCUT2D eigenvalue weighted by Crippen LogP contribution is -2.43. The number of primary amides is 1. The van der Waals surface area contributed by atoms with Crippen molar-refractivity contribution in [3.8, 4) is 11.5 Å². The van der Waals surface area contributed by atoms with Gasteiger partial charge in [0.2, 0.25) is 12.7 Å². The number of nitrogens with zero attached hydrogens (tertiary/aromatic N) is 1. The normalized spacial score (nSPS) is 16.9. The van der Waals surface area contributed by atoms with Gasteiger partial charge in [-0.15, -0.1) is 0 Å². The molecule has 2 aromatic carbocycles. The van der Waals surface area contributed by atoms with Crippen LogP contribution in [0.1, 0.15) is 33.5 Å². The van der Waals surface area contributed by atoms with Crippen LogP contribution in [0.2, 0.25) is 0 Å². The molecule has 0 aromatic heterocycles. The Balaban J connectivity index is 1.30. The molecular weight excluding hydrogens is 495 g/mol. The van der Waals surface area contributed by atoms with Crippen molar-refractivity contribution in [2.24, 2.45) is 5.73 Å². The van der Waals surface area contributed by atoms with Crippen molar-refractivity contribution < 1.29 is 37.0 Å². The van der Waals surface area contributed by atoms with Crippen molar-refractivity contribution in [3.63, 3.8) is 0 Å². The van der Waals surface area contributed by atoms with Crippen LogP contribution in [0.5, 0.6) is 11.5 Å². The number of nitrogens with two attached hydrogens (primary N) is 1. The summed E-state index contributed by atoms with van der Waals surface area (Å²) in [6, 6.07) is 4.92. The van der Waals surface area contributed by atoms with Gasteiger partial charge < -0.3 is 31.2 Å². The zero-order valence-electron chi connectivity index (χ0n) is 19.9. The van der Waals surface area contributed by atoms with Crippen molar-refractivity contribution in [3.05, 3.63) is 52.6 Å². The molecule has 2 aliphatic rings. The first-order valence-corrected chi connectivity index (χ1v) is 11.5. The molecule has 1 saturated heterocycles. The molecule has 4 amide bonds. The molecule has 0 aliphatic carbocycles. The molecule has 2 heterocycles. The van der Waals surface area contributed by atoms with Gasteiger partial charge in [0.05, 0.1) is 23.4 Å². The molecule has 37 heavy (non-hydrogen) atoms. The summed E-state index contributed by atoms with van der Waals surface area (Å²) >= 11 is 0. The van der Waals surface area contributed by atoms with Gasteiger partial charge in [-0.1, -0.05) is 0 Å². The zero-order valence-corrected chi connectivity index (χ0v) is 19.9. The molecule has 0 radical (unpaired) electrons. The van der Waals surface area contributed by atoms with E-state index >= 15 is 0 Å². The van der Waals surface area contributed by atoms with E-state index in [2.05, 4.69) is 20.9 Å². The smallest absolute Gasteiger partial charge is 0.416 e. The van der Waals surface area contributed by atoms with Gasteiger partial charge in [-0.2, -0.15) is 13.2 Å². The van der Waals surface area contributed by atoms with Gasteiger partial charge in [0.25, 0.3) is 5.91 Å². The molecule has 10 nitrogen and oxygen atoms in total. The summed E-state index contributed by atoms with van der Waals surface area (Å²) in [5.41, 5.74) is 5.44. The number of carbonyl (C=O) groups is 3. The molecule has 5 N–H and O–H groups in total. The first-order chi connectivity index (χ1) is 17.5. The summed E-state index contributed by atoms with van der Waals surface area (Å²) in [5, 5.41) is 7.24. The van der Waals surface area contributed by atoms with Crippen molar-refractivity contribution in [2.75, 3.05) is 31.7 Å². The molecule has 1 fully saturated rings. The first-order valence-electron chi connectivity index (χ1n) is 11.5. The number of amides is 4. The number of fused-ring (bicyclic) bond motifs is 1. The SMILES string of the molecule is Cc1cc2c(cc1CN1CC[C@@H](NC(=O)CNC(=O)c3cc(C(F)(F)F)ccc3NC(N)=O)C1)OCO2. The maximum Gasteiger partial charge on any atom is 0.416 e. The predicted octanol–water partition coefficient (Wildman–Crippen LogP) is 2.35. The fourth-order valence-electron chi connectivity index (χ4n) is 4.28. The molecule has 0 bridgehead atoms. The fourth-order valence-corrected chi connectivity index (χ4v) is 4.28. The lowest BCUT2D eigenvalue weighted by molar-refractivity contribution is -0.137. The summed E-state index contributed by atoms with van der Waals surface area (Å²) in [7, 11) is 0. The summed E-state index contributed by atoms with van der Waals surface area (Å²) in [5.74, 6) is -0.0277. The molecule has 0 unspecified atom stereocenters. The van der Waals surface area contributed by atoms with E-state index in [1.807, 2.05) is 19.1 Å². The minimum Gasteiger partial charge on any atom is -0.454 e. The van der Waals surface area contributed by atoms with Gasteiger partial charge in [0.1, 0.15) is 0 Å². The highest BCUT2D eigenvalue weighted by atomic mass is 19.4. The van der Waals surface area contributed by atoms with E-state index in [4.69, 9.17) is 15.2 Å². The van der Waals surface area contributed by atoms with Crippen LogP contribution in [0.3, 0.4) is 0 Å². The number of ether oxygens (including phenoxy) is 2. The van der Waals surface area contributed by atoms with Gasteiger partial charge in [-0.05, 0) is 54.8 Å². The molecule has 13 heteroatoms. The summed E-state index contributed by atoms with van der Waals surface area (Å²) in [4.78, 5) is 38.3. The average molecular weight is 521 g/mol. The highest BCUT2D eigenvalue weighted by Gasteiger charge is 2.32. The van der Waals surface area contributed by atoms with Gasteiger partial charge in [-0.3, -0.25) is 14.5 Å². The van der Waals surface area contributed by atoms with E-state index in [1.54, 1.807) is 0 Å². The Bertz CT molecular complexity index is 1220. The van der Waals surface area contributed by atoms with E-state index in [1.165, 1.54) is 0 Å². The second-order valence-electron chi connectivity index (χ2n) is 8.85. The number of rotatable bonds is 7. The van der Waals surface area contributed by atoms with Crippen LogP contribution in [0, 0.1) is 6.92 Å². The number of aryl methyl sites for hydroxylation is 1. The molecule has 0 saturated carbocycles. The molecule has 1 atom stereocenters. The number of hydrogen-bond acceptors (Lipinski definition) is 6. The monoisotopic (exact) mass is 521 g/mol. The number of anilines is 1. The Labute approximate surface area is 210 Å². The summed E-state index contributed by atoms with van der Waals surface area (Å²) in [6.45, 7) is 3.73. The van der Waals surface area contributed by atoms with E-state index in [9.17, 15) is 27.6 Å². The Kier molecular flexibility index (Phi) is 7.43. The number of hydrogen-bond donors (Lipinski definition) is 4. The number of likely N-dealkylation sites (tertiary alicyclic amines) is 1. The number of halogens is 3. The molecular formula is C24H26F3N5O5. The third kappa shape index (κ3) is 6.42. The summed E-state index contributed by atoms with van der Waals surface area (Å²) in [6.07, 6.45) is -4.01. The lowest BCUT2D eigenvalue weighted by Gasteiger charge is -2.18. The van der Waals surface area contributed by atoms with E-state index in [0.717, 1.165) is 29.5 Å². The zero-order chi connectivity index (χ0) is 26.7. The number of benzene rings is 2. The largest absolute Gasteiger partial charge is 0.454 e. The third-order valence-corrected chi connectivity index (χ3v) is 6.12. The highest BCUT2D eigenvalue weighted by molar-refractivity contribution is 6.04. The fraction of sp³-hybridized carbons (Fsp3) is 0.375. The van der Waals surface area contributed by atoms with E-state index in [-0.39, 0.29) is 18.5 Å². The van der Waals surface area contributed by atoms with Crippen molar-refractivity contribution >= 4 is 23.5 Å². The number of alkyl halides is 3. The van der Waals surface area contributed by atoms with Gasteiger partial charge in [0, 0.05) is 25.7 Å². The Morgan fingerprint density at radius 2 is 1.86 bits per heavy atom. The average Bonchev–Trinajstić information content (AvgIpc) is 3.45. The topological polar surface area (TPSA) is 135 Å². The maximum absolute atomic E-state index is 13.1. The van der Waals surface area contributed by atoms with Crippen molar-refractivity contribution in [1.82, 2.24) is 15.5 Å². The van der Waals surface area contributed by atoms with Gasteiger partial charge in [-0.25, -0.2) is 4.79 Å². The molecule has 4 rings (SSSR count). The van der Waals surface area contributed by atoms with Crippen molar-refractivity contribution in [1.29, 1.82) is 0 Å². The minimum atomic E-state index is -4.70. The Morgan fingerprint density at radius 1 is 1.14 bits per heavy atom. The predicted molar refractivity (Wildman–Crippen MR) is 126 cm³/mol. The number of carbonyl (C=O) groups excluding carboxylic acids is 3. The van der Waals surface area contributed by atoms with E-state index in [0.29, 0.717) is 37.4 Å². The maximum atomic E-state index is 13.1. The quantitative estimate of drug-likeness (QED) is 0.442. The molecule has 198 valence electrons. The van der Waals surface area contributed by atoms with Crippen LogP contribution < -0.4 is 31.2 Å². The standard InChI is InChI=1S/C24H26F3N5O5/c1-13-6-19-20(37-12-36-19)7-14(13)10-32-5-4-16(11-32)30-21(33)9-29-22(34)17-8-15(24(25,26)27)2-3-18(17)31-23(28)35/h2-3,6-8,16H,4-5,9-12H2,1H3,(H,29,34)(H,30,33)(H3,28,31,35)/t16-/m1/s1. The van der Waals surface area contributed by atoms with Crippen LogP contribution in [-0.2, 0) is 17.5 Å². The molecule has 0 spiro atoms. The Hall–Kier alpha value is -4.00. The van der Waals surface area contributed by atoms with Crippen LogP contribution in [0.15, 0.2) is 30.3 Å². The third-order valence-electron chi connectivity index (χ3n) is 6.12. The lowest BCUT2D eigenvalue weighted by atomic mass is 10.1. The number of urea groups is 1. The van der Waals surface area contributed by atoms with Gasteiger partial charge in [0.15, 0.2) is 11.5 Å². The first kappa shape index (κ1) is 26.1. The highest BCUT2D eigenvalue weighted by Crippen LogP contribution is 2.35. The minimum absolute atomic E-state index is 0.153. The second-order valence-corrected chi connectivity index (χ2v) is 8.85. The molecule has 2 aromatic rings. The van der Waals surface area contributed by atoms with Crippen LogP contribution in [0.25, 0.3) is 0 Å². The second kappa shape index (κ2) is 10.5. The van der Waals surface area contributed by atoms with Crippen LogP contribution in [-0.4, -0.2) is 55.2 Å². The molecule has 2 aliphatic heterocycles. The van der Waals surface area contributed by atoms with E-state index < -0.39 is 41.7 Å². The van der Waals surface area contributed by atoms with Crippen LogP contribution >= 0.6 is 0 Å². The van der Waals surface area contributed by atoms with Gasteiger partial charge >= 0.3 is 12.2 Å². The number of nitrogens with one attached hydrogen (secondary N) is 3. The van der Waals surface area contributed by atoms with Crippen molar-refractivity contribution in [2.45, 2.75) is 32.1 Å². The van der Waals surface area contributed by atoms with Crippen LogP contribution in [0.4, 0.5) is 23.7 Å².